The van der Waals surface area contributed by atoms with Crippen molar-refractivity contribution in [1.29, 1.82) is 0 Å². The largest absolute Gasteiger partial charge is 0.477 e. The van der Waals surface area contributed by atoms with Gasteiger partial charge in [0.25, 0.3) is 0 Å². The zero-order chi connectivity index (χ0) is 23.1. The Morgan fingerprint density at radius 1 is 1.18 bits per heavy atom. The van der Waals surface area contributed by atoms with Crippen LogP contribution >= 0.6 is 11.3 Å². The third-order valence-electron chi connectivity index (χ3n) is 6.96. The van der Waals surface area contributed by atoms with E-state index in [-0.39, 0.29) is 18.2 Å². The molecule has 1 amide bonds. The Morgan fingerprint density at radius 3 is 2.55 bits per heavy atom. The van der Waals surface area contributed by atoms with E-state index in [1.165, 1.54) is 36.2 Å². The molecule has 1 unspecified atom stereocenters. The second-order valence-corrected chi connectivity index (χ2v) is 10.5. The van der Waals surface area contributed by atoms with Gasteiger partial charge in [-0.05, 0) is 49.8 Å². The summed E-state index contributed by atoms with van der Waals surface area (Å²) in [4.78, 5) is 26.4. The van der Waals surface area contributed by atoms with Gasteiger partial charge < -0.3 is 19.3 Å². The Kier molecular flexibility index (Phi) is 5.91. The predicted molar refractivity (Wildman–Crippen MR) is 130 cm³/mol. The molecule has 1 atom stereocenters. The standard InChI is InChI=1S/C26H30N2O4S/c1-16(2)27-14-19(32-26(27)31)15-28-20-13-21(25(29)30)33-24(20)22(17-9-5-3-6-10-17)23(28)18-11-7-4-8-12-18/h4,7-8,11-13,16-17,19H,3,5-6,9-10,14-15H2,1-2H3,(H,29,30). The number of benzene rings is 1. The van der Waals surface area contributed by atoms with Gasteiger partial charge in [0.1, 0.15) is 11.0 Å². The molecule has 33 heavy (non-hydrogen) atoms. The van der Waals surface area contributed by atoms with Crippen molar-refractivity contribution < 1.29 is 19.4 Å². The number of aromatic carboxylic acids is 1. The van der Waals surface area contributed by atoms with E-state index in [0.717, 1.165) is 34.3 Å². The summed E-state index contributed by atoms with van der Waals surface area (Å²) in [5.74, 6) is -0.479. The molecular formula is C26H30N2O4S. The summed E-state index contributed by atoms with van der Waals surface area (Å²) in [6, 6.07) is 12.2. The molecule has 2 fully saturated rings. The number of cyclic esters (lactones) is 1. The number of rotatable bonds is 6. The molecule has 1 aliphatic carbocycles. The number of carbonyl (C=O) groups excluding carboxylic acids is 1. The lowest BCUT2D eigenvalue weighted by Crippen LogP contribution is -2.32. The van der Waals surface area contributed by atoms with Gasteiger partial charge in [-0.3, -0.25) is 0 Å². The van der Waals surface area contributed by atoms with Gasteiger partial charge in [0, 0.05) is 6.04 Å². The molecule has 6 nitrogen and oxygen atoms in total. The Hall–Kier alpha value is -2.80. The fourth-order valence-electron chi connectivity index (χ4n) is 5.38. The van der Waals surface area contributed by atoms with Crippen molar-refractivity contribution in [1.82, 2.24) is 9.47 Å². The van der Waals surface area contributed by atoms with Crippen molar-refractivity contribution in [3.63, 3.8) is 0 Å². The van der Waals surface area contributed by atoms with Crippen molar-refractivity contribution in [3.8, 4) is 11.3 Å². The highest BCUT2D eigenvalue weighted by Gasteiger charge is 2.35. The molecule has 1 saturated carbocycles. The van der Waals surface area contributed by atoms with Gasteiger partial charge in [-0.25, -0.2) is 9.59 Å². The van der Waals surface area contributed by atoms with E-state index in [2.05, 4.69) is 16.7 Å². The minimum absolute atomic E-state index is 0.0818. The number of carboxylic acid groups (broad SMARTS) is 1. The molecule has 2 aromatic heterocycles. The van der Waals surface area contributed by atoms with Crippen LogP contribution in [0.2, 0.25) is 0 Å². The SMILES string of the molecule is CC(C)N1CC(Cn2c(-c3ccccc3)c(C3CCCCC3)c3sc(C(=O)O)cc32)OC1=O. The molecule has 3 aromatic rings. The number of nitrogens with zero attached hydrogens (tertiary/aromatic N) is 2. The first-order chi connectivity index (χ1) is 15.9. The van der Waals surface area contributed by atoms with Crippen LogP contribution < -0.4 is 0 Å². The highest BCUT2D eigenvalue weighted by atomic mass is 32.1. The Bertz CT molecular complexity index is 1170. The summed E-state index contributed by atoms with van der Waals surface area (Å²) in [6.45, 7) is 5.04. The first-order valence-corrected chi connectivity index (χ1v) is 12.7. The summed E-state index contributed by atoms with van der Waals surface area (Å²) in [5, 5.41) is 9.72. The highest BCUT2D eigenvalue weighted by molar-refractivity contribution is 7.21. The second-order valence-electron chi connectivity index (χ2n) is 9.46. The van der Waals surface area contributed by atoms with Crippen LogP contribution in [0.1, 0.15) is 67.1 Å². The van der Waals surface area contributed by atoms with Crippen LogP contribution in [0.15, 0.2) is 36.4 Å². The topological polar surface area (TPSA) is 71.8 Å². The van der Waals surface area contributed by atoms with Gasteiger partial charge in [-0.2, -0.15) is 0 Å². The van der Waals surface area contributed by atoms with Crippen LogP contribution in [-0.2, 0) is 11.3 Å². The van der Waals surface area contributed by atoms with Crippen molar-refractivity contribution in [3.05, 3.63) is 46.8 Å². The summed E-state index contributed by atoms with van der Waals surface area (Å²) in [6.07, 6.45) is 5.36. The van der Waals surface area contributed by atoms with Crippen molar-refractivity contribution in [2.75, 3.05) is 6.54 Å². The molecule has 1 saturated heterocycles. The molecule has 174 valence electrons. The molecule has 1 aromatic carbocycles. The summed E-state index contributed by atoms with van der Waals surface area (Å²) in [5.41, 5.74) is 4.50. The number of carbonyl (C=O) groups is 2. The van der Waals surface area contributed by atoms with Crippen molar-refractivity contribution in [2.45, 2.75) is 70.6 Å². The van der Waals surface area contributed by atoms with Crippen LogP contribution in [0.5, 0.6) is 0 Å². The van der Waals surface area contributed by atoms with Gasteiger partial charge in [0.05, 0.1) is 29.0 Å². The number of carboxylic acids is 1. The summed E-state index contributed by atoms with van der Waals surface area (Å²) < 4.78 is 9.04. The summed E-state index contributed by atoms with van der Waals surface area (Å²) >= 11 is 1.38. The molecule has 0 spiro atoms. The van der Waals surface area contributed by atoms with E-state index in [9.17, 15) is 14.7 Å². The quantitative estimate of drug-likeness (QED) is 0.460. The van der Waals surface area contributed by atoms with Gasteiger partial charge in [0.15, 0.2) is 0 Å². The van der Waals surface area contributed by atoms with Gasteiger partial charge >= 0.3 is 12.1 Å². The number of aromatic nitrogens is 1. The lowest BCUT2D eigenvalue weighted by Gasteiger charge is -2.24. The van der Waals surface area contributed by atoms with Gasteiger partial charge in [-0.1, -0.05) is 49.6 Å². The minimum Gasteiger partial charge on any atom is -0.477 e. The number of thiophene rings is 1. The minimum atomic E-state index is -0.892. The molecule has 7 heteroatoms. The normalized spacial score (nSPS) is 19.5. The third-order valence-corrected chi connectivity index (χ3v) is 8.10. The fourth-order valence-corrected chi connectivity index (χ4v) is 6.51. The van der Waals surface area contributed by atoms with Crippen LogP contribution in [0.3, 0.4) is 0 Å². The number of hydrogen-bond acceptors (Lipinski definition) is 4. The zero-order valence-electron chi connectivity index (χ0n) is 19.1. The molecule has 0 bridgehead atoms. The van der Waals surface area contributed by atoms with E-state index < -0.39 is 5.97 Å². The van der Waals surface area contributed by atoms with Crippen LogP contribution in [0, 0.1) is 0 Å². The van der Waals surface area contributed by atoms with Crippen molar-refractivity contribution >= 4 is 33.6 Å². The van der Waals surface area contributed by atoms with E-state index in [1.54, 1.807) is 11.0 Å². The molecule has 5 rings (SSSR count). The lowest BCUT2D eigenvalue weighted by atomic mass is 9.83. The monoisotopic (exact) mass is 466 g/mol. The van der Waals surface area contributed by atoms with E-state index in [1.807, 2.05) is 32.0 Å². The molecule has 3 heterocycles. The average molecular weight is 467 g/mol. The maximum Gasteiger partial charge on any atom is 0.410 e. The Labute approximate surface area is 197 Å². The molecule has 1 N–H and O–H groups in total. The smallest absolute Gasteiger partial charge is 0.410 e. The number of amides is 1. The van der Waals surface area contributed by atoms with Crippen LogP contribution in [0.4, 0.5) is 4.79 Å². The van der Waals surface area contributed by atoms with Gasteiger partial charge in [-0.15, -0.1) is 11.3 Å². The first-order valence-electron chi connectivity index (χ1n) is 11.9. The molecule has 1 aliphatic heterocycles. The first kappa shape index (κ1) is 22.0. The van der Waals surface area contributed by atoms with Crippen molar-refractivity contribution in [2.24, 2.45) is 0 Å². The van der Waals surface area contributed by atoms with Crippen LogP contribution in [0.25, 0.3) is 21.5 Å². The van der Waals surface area contributed by atoms with Gasteiger partial charge in [0.2, 0.25) is 0 Å². The predicted octanol–water partition coefficient (Wildman–Crippen LogP) is 6.34. The van der Waals surface area contributed by atoms with E-state index in [4.69, 9.17) is 4.74 Å². The lowest BCUT2D eigenvalue weighted by molar-refractivity contribution is 0.0702. The number of hydrogen-bond donors (Lipinski definition) is 1. The van der Waals surface area contributed by atoms with Crippen LogP contribution in [-0.4, -0.2) is 45.3 Å². The Balaban J connectivity index is 1.67. The third kappa shape index (κ3) is 4.03. The summed E-state index contributed by atoms with van der Waals surface area (Å²) in [7, 11) is 0. The van der Waals surface area contributed by atoms with E-state index >= 15 is 0 Å². The maximum atomic E-state index is 12.4. The molecule has 2 aliphatic rings. The highest BCUT2D eigenvalue weighted by Crippen LogP contribution is 2.47. The van der Waals surface area contributed by atoms with E-state index in [0.29, 0.717) is 23.9 Å². The fraction of sp³-hybridized carbons (Fsp3) is 0.462. The average Bonchev–Trinajstić information content (AvgIpc) is 3.48. The second kappa shape index (κ2) is 8.86. The number of ether oxygens (including phenoxy) is 1. The molecular weight excluding hydrogens is 436 g/mol. The Morgan fingerprint density at radius 2 is 1.91 bits per heavy atom. The zero-order valence-corrected chi connectivity index (χ0v) is 19.9. The number of fused-ring (bicyclic) bond motifs is 1. The molecule has 0 radical (unpaired) electrons. The maximum absolute atomic E-state index is 12.4.